The highest BCUT2D eigenvalue weighted by atomic mass is 16.7. The number of hydrogen-bond donors (Lipinski definition) is 4. The van der Waals surface area contributed by atoms with Gasteiger partial charge in [0, 0.05) is 38.0 Å². The van der Waals surface area contributed by atoms with Crippen LogP contribution in [0, 0.1) is 23.7 Å². The third kappa shape index (κ3) is 13.2. The van der Waals surface area contributed by atoms with E-state index in [9.17, 15) is 34.8 Å². The third-order valence-corrected chi connectivity index (χ3v) is 11.6. The first-order valence-electron chi connectivity index (χ1n) is 20.2. The first-order valence-corrected chi connectivity index (χ1v) is 20.2. The van der Waals surface area contributed by atoms with Gasteiger partial charge in [0.1, 0.15) is 30.5 Å². The van der Waals surface area contributed by atoms with Gasteiger partial charge in [-0.15, -0.1) is 0 Å². The lowest BCUT2D eigenvalue weighted by Gasteiger charge is -2.46. The standard InChI is InChI=1S/C42H69NO15/c1-12-31-28(21-54-42-40(53-11)39(52-10)36(49)26(6)56-42)18-22(2)16-17-29(44)23(3)19-27(14-13-15-32(46)51-9)38(24(4)30(45)20-33(47)57-31)58-41-37(50)34(43(7)8)35(48)25(5)55-41/h13,15-18,23-28,30-31,34-42,45,48-50H,12,14,19-21H2,1-11H3/b15-13+,17-16+,22-18+/t23-,24+,25?,26-,27+,28-,30-,31-,34-,35+,36-,37+,38-,39-,40-,41-,42-/m1/s1. The number of aliphatic hydroxyl groups is 4. The quantitative estimate of drug-likeness (QED) is 0.164. The summed E-state index contributed by atoms with van der Waals surface area (Å²) in [5.74, 6) is -3.88. The van der Waals surface area contributed by atoms with Crippen LogP contribution >= 0.6 is 0 Å². The van der Waals surface area contributed by atoms with E-state index in [0.717, 1.165) is 0 Å². The van der Waals surface area contributed by atoms with Gasteiger partial charge in [-0.2, -0.15) is 0 Å². The molecule has 332 valence electrons. The van der Waals surface area contributed by atoms with Gasteiger partial charge in [0.05, 0.1) is 56.7 Å². The van der Waals surface area contributed by atoms with E-state index in [0.29, 0.717) is 12.0 Å². The van der Waals surface area contributed by atoms with Crippen molar-refractivity contribution < 1.29 is 72.7 Å². The largest absolute Gasteiger partial charge is 0.466 e. The molecule has 16 heteroatoms. The number of esters is 2. The van der Waals surface area contributed by atoms with Crippen molar-refractivity contribution in [1.29, 1.82) is 0 Å². The number of ether oxygens (including phenoxy) is 8. The molecule has 1 unspecified atom stereocenters. The predicted molar refractivity (Wildman–Crippen MR) is 211 cm³/mol. The highest BCUT2D eigenvalue weighted by Gasteiger charge is 2.48. The SMILES string of the molecule is CC[C@H]1OC(=O)C[C@@H](O)[C@H](C)[C@@H](O[C@H]2OC(C)[C@H](O)[C@@H](N(C)C)[C@@H]2O)[C@@H](C/C=C/C(=O)OC)C[C@@H](C)C(=O)/C=C/C(C)=C/[C@@H]1CO[C@@H]1O[C@H](C)[C@@H](O)[C@@H](OC)[C@H]1OC. The minimum absolute atomic E-state index is 0.00547. The van der Waals surface area contributed by atoms with E-state index in [-0.39, 0.29) is 25.2 Å². The van der Waals surface area contributed by atoms with Crippen LogP contribution in [-0.4, -0.2) is 165 Å². The summed E-state index contributed by atoms with van der Waals surface area (Å²) in [7, 11) is 7.63. The van der Waals surface area contributed by atoms with E-state index in [1.807, 2.05) is 19.9 Å². The predicted octanol–water partition coefficient (Wildman–Crippen LogP) is 2.09. The third-order valence-electron chi connectivity index (χ3n) is 11.6. The number of carbonyl (C=O) groups is 3. The number of hydrogen-bond acceptors (Lipinski definition) is 16. The fourth-order valence-electron chi connectivity index (χ4n) is 8.04. The van der Waals surface area contributed by atoms with Crippen LogP contribution in [0.3, 0.4) is 0 Å². The Morgan fingerprint density at radius 1 is 0.897 bits per heavy atom. The van der Waals surface area contributed by atoms with Crippen molar-refractivity contribution in [2.45, 2.75) is 147 Å². The van der Waals surface area contributed by atoms with Crippen molar-refractivity contribution in [2.24, 2.45) is 23.7 Å². The van der Waals surface area contributed by atoms with E-state index in [1.54, 1.807) is 58.8 Å². The zero-order chi connectivity index (χ0) is 43.4. The van der Waals surface area contributed by atoms with Crippen LogP contribution in [0.4, 0.5) is 0 Å². The molecule has 3 heterocycles. The molecule has 4 N–H and O–H groups in total. The summed E-state index contributed by atoms with van der Waals surface area (Å²) in [6.45, 7) is 10.5. The molecule has 0 saturated carbocycles. The van der Waals surface area contributed by atoms with E-state index in [1.165, 1.54) is 33.5 Å². The van der Waals surface area contributed by atoms with E-state index in [2.05, 4.69) is 0 Å². The summed E-state index contributed by atoms with van der Waals surface area (Å²) >= 11 is 0. The van der Waals surface area contributed by atoms with Crippen LogP contribution in [0.2, 0.25) is 0 Å². The van der Waals surface area contributed by atoms with Crippen LogP contribution in [0.15, 0.2) is 36.0 Å². The van der Waals surface area contributed by atoms with Crippen molar-refractivity contribution >= 4 is 17.7 Å². The maximum atomic E-state index is 13.7. The molecule has 16 nitrogen and oxygen atoms in total. The van der Waals surface area contributed by atoms with Gasteiger partial charge in [-0.05, 0) is 66.1 Å². The van der Waals surface area contributed by atoms with Crippen molar-refractivity contribution in [3.63, 3.8) is 0 Å². The first-order chi connectivity index (χ1) is 27.4. The summed E-state index contributed by atoms with van der Waals surface area (Å²) in [4.78, 5) is 41.2. The van der Waals surface area contributed by atoms with Gasteiger partial charge in [-0.25, -0.2) is 4.79 Å². The van der Waals surface area contributed by atoms with Crippen LogP contribution in [-0.2, 0) is 52.3 Å². The van der Waals surface area contributed by atoms with E-state index < -0.39 is 122 Å². The number of rotatable bonds is 12. The highest BCUT2D eigenvalue weighted by molar-refractivity contribution is 5.91. The minimum Gasteiger partial charge on any atom is -0.466 e. The molecule has 3 aliphatic heterocycles. The highest BCUT2D eigenvalue weighted by Crippen LogP contribution is 2.35. The lowest BCUT2D eigenvalue weighted by atomic mass is 9.79. The van der Waals surface area contributed by atoms with E-state index in [4.69, 9.17) is 37.9 Å². The number of carbonyl (C=O) groups excluding carboxylic acids is 3. The first kappa shape index (κ1) is 49.8. The van der Waals surface area contributed by atoms with Gasteiger partial charge >= 0.3 is 11.9 Å². The Bertz CT molecular complexity index is 1400. The summed E-state index contributed by atoms with van der Waals surface area (Å²) < 4.78 is 46.8. The smallest absolute Gasteiger partial charge is 0.330 e. The lowest BCUT2D eigenvalue weighted by molar-refractivity contribution is -0.304. The Labute approximate surface area is 343 Å². The number of likely N-dealkylation sites (N-methyl/N-ethyl adjacent to an activating group) is 1. The van der Waals surface area contributed by atoms with E-state index >= 15 is 0 Å². The second-order valence-electron chi connectivity index (χ2n) is 16.1. The molecule has 0 aromatic carbocycles. The second kappa shape index (κ2) is 23.4. The summed E-state index contributed by atoms with van der Waals surface area (Å²) in [5, 5.41) is 44.7. The molecular weight excluding hydrogens is 758 g/mol. The van der Waals surface area contributed by atoms with Gasteiger partial charge in [0.15, 0.2) is 18.4 Å². The van der Waals surface area contributed by atoms with Crippen LogP contribution < -0.4 is 0 Å². The Kier molecular flexibility index (Phi) is 20.1. The van der Waals surface area contributed by atoms with Crippen molar-refractivity contribution in [3.8, 4) is 0 Å². The zero-order valence-electron chi connectivity index (χ0n) is 36.0. The molecule has 2 fully saturated rings. The molecule has 0 spiro atoms. The van der Waals surface area contributed by atoms with Crippen LogP contribution in [0.1, 0.15) is 67.2 Å². The topological polar surface area (TPSA) is 209 Å². The summed E-state index contributed by atoms with van der Waals surface area (Å²) in [6, 6.07) is -0.751. The molecule has 0 aromatic heterocycles. The monoisotopic (exact) mass is 827 g/mol. The number of aliphatic hydroxyl groups excluding tert-OH is 4. The number of methoxy groups -OCH3 is 3. The molecule has 3 rings (SSSR count). The van der Waals surface area contributed by atoms with Crippen molar-refractivity contribution in [1.82, 2.24) is 4.90 Å². The van der Waals surface area contributed by atoms with Crippen molar-refractivity contribution in [3.05, 3.63) is 36.0 Å². The molecular formula is C42H69NO15. The molecule has 0 amide bonds. The lowest BCUT2D eigenvalue weighted by Crippen LogP contribution is -2.63. The van der Waals surface area contributed by atoms with Gasteiger partial charge < -0.3 is 63.2 Å². The molecule has 3 aliphatic rings. The van der Waals surface area contributed by atoms with Gasteiger partial charge in [0.2, 0.25) is 0 Å². The average molecular weight is 828 g/mol. The number of nitrogens with zero attached hydrogens (tertiary/aromatic N) is 1. The maximum Gasteiger partial charge on any atom is 0.330 e. The molecule has 0 aliphatic carbocycles. The number of allylic oxidation sites excluding steroid dienone is 4. The Balaban J connectivity index is 2.02. The fraction of sp³-hybridized carbons (Fsp3) is 0.786. The van der Waals surface area contributed by atoms with Crippen LogP contribution in [0.5, 0.6) is 0 Å². The summed E-state index contributed by atoms with van der Waals surface area (Å²) in [5.41, 5.74) is 0.699. The average Bonchev–Trinajstić information content (AvgIpc) is 3.18. The van der Waals surface area contributed by atoms with Gasteiger partial charge in [0.25, 0.3) is 0 Å². The normalized spacial score (nSPS) is 41.5. The molecule has 0 bridgehead atoms. The molecule has 0 aromatic rings. The second-order valence-corrected chi connectivity index (χ2v) is 16.1. The Morgan fingerprint density at radius 3 is 2.14 bits per heavy atom. The maximum absolute atomic E-state index is 13.7. The number of cyclic esters (lactones) is 1. The van der Waals surface area contributed by atoms with Gasteiger partial charge in [-0.1, -0.05) is 44.6 Å². The Morgan fingerprint density at radius 2 is 1.53 bits per heavy atom. The molecule has 2 saturated heterocycles. The Hall–Kier alpha value is -2.61. The molecule has 0 radical (unpaired) electrons. The van der Waals surface area contributed by atoms with Crippen molar-refractivity contribution in [2.75, 3.05) is 42.0 Å². The molecule has 58 heavy (non-hydrogen) atoms. The fourth-order valence-corrected chi connectivity index (χ4v) is 8.04. The minimum atomic E-state index is -1.32. The number of ketones is 1. The summed E-state index contributed by atoms with van der Waals surface area (Å²) in [6.07, 6.45) is -3.00. The van der Waals surface area contributed by atoms with Crippen LogP contribution in [0.25, 0.3) is 0 Å². The zero-order valence-corrected chi connectivity index (χ0v) is 36.0. The van der Waals surface area contributed by atoms with Gasteiger partial charge in [-0.3, -0.25) is 9.59 Å². The molecule has 17 atom stereocenters.